The monoisotopic (exact) mass is 398 g/mol. The molecule has 28 heavy (non-hydrogen) atoms. The first-order valence-corrected chi connectivity index (χ1v) is 11.4. The zero-order chi connectivity index (χ0) is 23.2. The summed E-state index contributed by atoms with van der Waals surface area (Å²) in [6.07, 6.45) is 3.48. The molecule has 1 aromatic carbocycles. The van der Waals surface area contributed by atoms with Crippen LogP contribution in [0.25, 0.3) is 0 Å². The second-order valence-electron chi connectivity index (χ2n) is 7.78. The van der Waals surface area contributed by atoms with Gasteiger partial charge < -0.3 is 9.84 Å². The van der Waals surface area contributed by atoms with Gasteiger partial charge >= 0.3 is 0 Å². The predicted octanol–water partition coefficient (Wildman–Crippen LogP) is 8.76. The highest BCUT2D eigenvalue weighted by Crippen LogP contribution is 2.29. The molecule has 2 heteroatoms. The third-order valence-corrected chi connectivity index (χ3v) is 3.48. The number of methoxy groups -OCH3 is 1. The minimum Gasteiger partial charge on any atom is -0.508 e. The van der Waals surface area contributed by atoms with Crippen molar-refractivity contribution in [3.63, 3.8) is 0 Å². The number of rotatable bonds is 7. The highest BCUT2D eigenvalue weighted by molar-refractivity contribution is 5.26. The Labute approximate surface area is 179 Å². The Morgan fingerprint density at radius 3 is 1.54 bits per heavy atom. The summed E-state index contributed by atoms with van der Waals surface area (Å²) >= 11 is 0. The van der Waals surface area contributed by atoms with E-state index in [4.69, 9.17) is 4.74 Å². The molecule has 0 amide bonds. The maximum absolute atomic E-state index is 9.20. The van der Waals surface area contributed by atoms with Crippen molar-refractivity contribution in [1.29, 1.82) is 0 Å². The standard InChI is InChI=1S/C14H22O.C6H14O.3C2H6/c1-11(2)9-14(3,4)10-12-5-7-13(15)8-6-12;1-6(2)4-5-7-3;3*1-2/h5-8,11,15H,9-10H2,1-4H3;6H,4-5H2,1-3H3;3*1-2H3. The van der Waals surface area contributed by atoms with Crippen LogP contribution in [0.5, 0.6) is 5.75 Å². The van der Waals surface area contributed by atoms with Gasteiger partial charge in [0.25, 0.3) is 0 Å². The molecule has 0 unspecified atom stereocenters. The van der Waals surface area contributed by atoms with E-state index in [9.17, 15) is 5.11 Å². The summed E-state index contributed by atoms with van der Waals surface area (Å²) in [6.45, 7) is 26.4. The van der Waals surface area contributed by atoms with E-state index >= 15 is 0 Å². The fraction of sp³-hybridized carbons (Fsp3) is 0.769. The third-order valence-electron chi connectivity index (χ3n) is 3.48. The molecule has 0 aromatic heterocycles. The zero-order valence-corrected chi connectivity index (χ0v) is 21.6. The van der Waals surface area contributed by atoms with Gasteiger partial charge in [0, 0.05) is 13.7 Å². The van der Waals surface area contributed by atoms with Crippen molar-refractivity contribution in [2.24, 2.45) is 17.3 Å². The topological polar surface area (TPSA) is 29.5 Å². The summed E-state index contributed by atoms with van der Waals surface area (Å²) in [6, 6.07) is 7.55. The molecule has 0 aliphatic carbocycles. The van der Waals surface area contributed by atoms with Crippen LogP contribution in [0.1, 0.15) is 101 Å². The molecule has 170 valence electrons. The molecule has 1 aromatic rings. The van der Waals surface area contributed by atoms with Gasteiger partial charge in [0.15, 0.2) is 0 Å². The lowest BCUT2D eigenvalue weighted by atomic mass is 9.79. The molecule has 0 bridgehead atoms. The molecule has 1 N–H and O–H groups in total. The summed E-state index contributed by atoms with van der Waals surface area (Å²) in [5, 5.41) is 9.20. The lowest BCUT2D eigenvalue weighted by molar-refractivity contribution is 0.183. The third kappa shape index (κ3) is 27.2. The molecule has 0 fully saturated rings. The van der Waals surface area contributed by atoms with Crippen LogP contribution in [0.4, 0.5) is 0 Å². The van der Waals surface area contributed by atoms with Gasteiger partial charge in [-0.15, -0.1) is 0 Å². The second-order valence-corrected chi connectivity index (χ2v) is 7.78. The van der Waals surface area contributed by atoms with Crippen LogP contribution < -0.4 is 0 Å². The second kappa shape index (κ2) is 24.0. The minimum absolute atomic E-state index is 0.338. The quantitative estimate of drug-likeness (QED) is 0.497. The van der Waals surface area contributed by atoms with Crippen LogP contribution in [0.2, 0.25) is 0 Å². The molecular formula is C26H54O2. The molecule has 1 rings (SSSR count). The molecule has 0 atom stereocenters. The van der Waals surface area contributed by atoms with Crippen molar-refractivity contribution in [2.75, 3.05) is 13.7 Å². The average Bonchev–Trinajstić information content (AvgIpc) is 2.66. The van der Waals surface area contributed by atoms with Crippen molar-refractivity contribution in [1.82, 2.24) is 0 Å². The van der Waals surface area contributed by atoms with E-state index in [1.165, 1.54) is 18.4 Å². The average molecular weight is 399 g/mol. The van der Waals surface area contributed by atoms with E-state index in [1.54, 1.807) is 19.2 Å². The van der Waals surface area contributed by atoms with Crippen molar-refractivity contribution >= 4 is 0 Å². The Kier molecular flexibility index (Phi) is 29.6. The molecule has 0 spiro atoms. The molecular weight excluding hydrogens is 344 g/mol. The number of hydrogen-bond donors (Lipinski definition) is 1. The number of ether oxygens (including phenoxy) is 1. The van der Waals surface area contributed by atoms with Gasteiger partial charge in [0.2, 0.25) is 0 Å². The van der Waals surface area contributed by atoms with Gasteiger partial charge in [0.1, 0.15) is 5.75 Å². The first-order valence-electron chi connectivity index (χ1n) is 11.4. The highest BCUT2D eigenvalue weighted by Gasteiger charge is 2.19. The summed E-state index contributed by atoms with van der Waals surface area (Å²) < 4.78 is 4.85. The lowest BCUT2D eigenvalue weighted by Crippen LogP contribution is -2.17. The summed E-state index contributed by atoms with van der Waals surface area (Å²) in [5.41, 5.74) is 1.64. The van der Waals surface area contributed by atoms with Gasteiger partial charge in [-0.1, -0.05) is 95.2 Å². The fourth-order valence-electron chi connectivity index (χ4n) is 2.70. The molecule has 0 saturated heterocycles. The van der Waals surface area contributed by atoms with Gasteiger partial charge in [0.05, 0.1) is 0 Å². The first kappa shape index (κ1) is 34.5. The van der Waals surface area contributed by atoms with E-state index < -0.39 is 0 Å². The summed E-state index contributed by atoms with van der Waals surface area (Å²) in [7, 11) is 1.74. The van der Waals surface area contributed by atoms with Crippen LogP contribution in [-0.2, 0) is 11.2 Å². The normalized spacial score (nSPS) is 9.68. The van der Waals surface area contributed by atoms with E-state index in [2.05, 4.69) is 41.5 Å². The van der Waals surface area contributed by atoms with Gasteiger partial charge in [-0.25, -0.2) is 0 Å². The molecule has 0 aliphatic heterocycles. The van der Waals surface area contributed by atoms with E-state index in [1.807, 2.05) is 53.7 Å². The Hall–Kier alpha value is -1.02. The van der Waals surface area contributed by atoms with Gasteiger partial charge in [-0.05, 0) is 54.2 Å². The van der Waals surface area contributed by atoms with Crippen molar-refractivity contribution in [2.45, 2.75) is 102 Å². The first-order chi connectivity index (χ1) is 13.2. The number of phenols is 1. The molecule has 0 heterocycles. The number of aromatic hydroxyl groups is 1. The Morgan fingerprint density at radius 2 is 1.25 bits per heavy atom. The molecule has 0 saturated carbocycles. The Morgan fingerprint density at radius 1 is 0.821 bits per heavy atom. The zero-order valence-electron chi connectivity index (χ0n) is 21.6. The van der Waals surface area contributed by atoms with E-state index in [0.717, 1.165) is 24.9 Å². The fourth-order valence-corrected chi connectivity index (χ4v) is 2.70. The van der Waals surface area contributed by atoms with Gasteiger partial charge in [-0.2, -0.15) is 0 Å². The SMILES string of the molecule is CC.CC.CC.CC(C)CC(C)(C)Cc1ccc(O)cc1.COCCC(C)C. The Bertz CT molecular complexity index is 378. The number of hydrogen-bond acceptors (Lipinski definition) is 2. The van der Waals surface area contributed by atoms with Crippen LogP contribution in [0, 0.1) is 17.3 Å². The molecule has 2 nitrogen and oxygen atoms in total. The maximum atomic E-state index is 9.20. The van der Waals surface area contributed by atoms with Crippen molar-refractivity contribution in [3.8, 4) is 5.75 Å². The summed E-state index contributed by atoms with van der Waals surface area (Å²) in [4.78, 5) is 0. The van der Waals surface area contributed by atoms with Crippen LogP contribution in [0.3, 0.4) is 0 Å². The van der Waals surface area contributed by atoms with Crippen molar-refractivity contribution < 1.29 is 9.84 Å². The largest absolute Gasteiger partial charge is 0.508 e. The Balaban J connectivity index is -0.000000187. The maximum Gasteiger partial charge on any atom is 0.115 e. The molecule has 0 radical (unpaired) electrons. The smallest absolute Gasteiger partial charge is 0.115 e. The predicted molar refractivity (Wildman–Crippen MR) is 130 cm³/mol. The molecule has 0 aliphatic rings. The lowest BCUT2D eigenvalue weighted by Gasteiger charge is -2.26. The number of benzene rings is 1. The summed E-state index contributed by atoms with van der Waals surface area (Å²) in [5.74, 6) is 1.86. The van der Waals surface area contributed by atoms with Crippen LogP contribution >= 0.6 is 0 Å². The van der Waals surface area contributed by atoms with E-state index in [0.29, 0.717) is 11.2 Å². The highest BCUT2D eigenvalue weighted by atomic mass is 16.5. The van der Waals surface area contributed by atoms with Crippen molar-refractivity contribution in [3.05, 3.63) is 29.8 Å². The van der Waals surface area contributed by atoms with Crippen LogP contribution in [0.15, 0.2) is 24.3 Å². The van der Waals surface area contributed by atoms with E-state index in [-0.39, 0.29) is 0 Å². The van der Waals surface area contributed by atoms with Gasteiger partial charge in [-0.3, -0.25) is 0 Å². The number of phenolic OH excluding ortho intramolecular Hbond substituents is 1. The minimum atomic E-state index is 0.338. The van der Waals surface area contributed by atoms with Crippen LogP contribution in [-0.4, -0.2) is 18.8 Å².